The number of carbonyl (C=O) groups excluding carboxylic acids is 1. The molecule has 0 aliphatic heterocycles. The Morgan fingerprint density at radius 2 is 1.90 bits per heavy atom. The molecule has 152 valence electrons. The Hall–Kier alpha value is -3.31. The fraction of sp³-hybridized carbons (Fsp3) is 0.167. The minimum atomic E-state index is -0.204. The van der Waals surface area contributed by atoms with Gasteiger partial charge in [-0.2, -0.15) is 0 Å². The number of unbranched alkanes of at least 4 members (excludes halogenated alkanes) is 1. The number of hydrogen-bond acceptors (Lipinski definition) is 4. The molecule has 6 heteroatoms. The van der Waals surface area contributed by atoms with Gasteiger partial charge in [0.1, 0.15) is 11.3 Å². The molecule has 0 radical (unpaired) electrons. The average Bonchev–Trinajstić information content (AvgIpc) is 3.18. The first kappa shape index (κ1) is 20.0. The normalized spacial score (nSPS) is 10.9. The zero-order chi connectivity index (χ0) is 20.9. The second-order valence-electron chi connectivity index (χ2n) is 6.86. The van der Waals surface area contributed by atoms with Gasteiger partial charge in [-0.25, -0.2) is 4.98 Å². The van der Waals surface area contributed by atoms with Crippen LogP contribution < -0.4 is 10.1 Å². The highest BCUT2D eigenvalue weighted by Gasteiger charge is 2.13. The lowest BCUT2D eigenvalue weighted by atomic mass is 10.2. The van der Waals surface area contributed by atoms with E-state index in [9.17, 15) is 4.79 Å². The highest BCUT2D eigenvalue weighted by atomic mass is 35.5. The number of carbonyl (C=O) groups is 1. The van der Waals surface area contributed by atoms with Crippen molar-refractivity contribution in [2.75, 3.05) is 11.9 Å². The van der Waals surface area contributed by atoms with Gasteiger partial charge in [-0.05, 0) is 61.0 Å². The zero-order valence-corrected chi connectivity index (χ0v) is 17.3. The summed E-state index contributed by atoms with van der Waals surface area (Å²) in [6, 6.07) is 19.8. The summed E-state index contributed by atoms with van der Waals surface area (Å²) in [5.74, 6) is 0.998. The van der Waals surface area contributed by atoms with Crippen LogP contribution in [0.25, 0.3) is 22.6 Å². The van der Waals surface area contributed by atoms with Crippen LogP contribution in [0.1, 0.15) is 30.1 Å². The molecule has 0 aliphatic rings. The molecule has 0 unspecified atom stereocenters. The number of halogens is 1. The maximum absolute atomic E-state index is 12.6. The summed E-state index contributed by atoms with van der Waals surface area (Å²) < 4.78 is 11.4. The Morgan fingerprint density at radius 1 is 1.10 bits per heavy atom. The smallest absolute Gasteiger partial charge is 0.255 e. The first-order chi connectivity index (χ1) is 14.6. The molecule has 1 amide bonds. The molecule has 0 atom stereocenters. The number of hydrogen-bond donors (Lipinski definition) is 1. The van der Waals surface area contributed by atoms with Gasteiger partial charge < -0.3 is 14.5 Å². The highest BCUT2D eigenvalue weighted by Crippen LogP contribution is 2.30. The summed E-state index contributed by atoms with van der Waals surface area (Å²) in [7, 11) is 0. The maximum Gasteiger partial charge on any atom is 0.255 e. The Bertz CT molecular complexity index is 1170. The zero-order valence-electron chi connectivity index (χ0n) is 16.5. The Labute approximate surface area is 179 Å². The van der Waals surface area contributed by atoms with Crippen molar-refractivity contribution in [2.45, 2.75) is 19.8 Å². The molecule has 0 spiro atoms. The Morgan fingerprint density at radius 3 is 2.67 bits per heavy atom. The number of rotatable bonds is 7. The summed E-state index contributed by atoms with van der Waals surface area (Å²) in [6.07, 6.45) is 2.08. The SMILES string of the molecule is CCCCOc1ccc(C(=O)Nc2ccc3oc(-c4ccccc4Cl)nc3c2)cc1. The number of fused-ring (bicyclic) bond motifs is 1. The lowest BCUT2D eigenvalue weighted by Gasteiger charge is -2.07. The molecule has 5 nitrogen and oxygen atoms in total. The molecular weight excluding hydrogens is 400 g/mol. The maximum atomic E-state index is 12.6. The summed E-state index contributed by atoms with van der Waals surface area (Å²) >= 11 is 6.23. The van der Waals surface area contributed by atoms with Gasteiger partial charge in [-0.1, -0.05) is 37.1 Å². The van der Waals surface area contributed by atoms with E-state index in [-0.39, 0.29) is 5.91 Å². The predicted octanol–water partition coefficient (Wildman–Crippen LogP) is 6.58. The predicted molar refractivity (Wildman–Crippen MR) is 119 cm³/mol. The number of nitrogens with zero attached hydrogens (tertiary/aromatic N) is 1. The van der Waals surface area contributed by atoms with E-state index in [0.29, 0.717) is 39.9 Å². The van der Waals surface area contributed by atoms with Crippen molar-refractivity contribution in [3.8, 4) is 17.2 Å². The van der Waals surface area contributed by atoms with Gasteiger partial charge in [-0.3, -0.25) is 4.79 Å². The van der Waals surface area contributed by atoms with Gasteiger partial charge in [0.15, 0.2) is 5.58 Å². The minimum Gasteiger partial charge on any atom is -0.494 e. The van der Waals surface area contributed by atoms with Crippen molar-refractivity contribution >= 4 is 34.3 Å². The quantitative estimate of drug-likeness (QED) is 0.343. The summed E-state index contributed by atoms with van der Waals surface area (Å²) in [5, 5.41) is 3.46. The summed E-state index contributed by atoms with van der Waals surface area (Å²) in [4.78, 5) is 17.1. The number of anilines is 1. The second-order valence-corrected chi connectivity index (χ2v) is 7.27. The van der Waals surface area contributed by atoms with Gasteiger partial charge in [0.05, 0.1) is 17.2 Å². The molecule has 0 aliphatic carbocycles. The highest BCUT2D eigenvalue weighted by molar-refractivity contribution is 6.33. The minimum absolute atomic E-state index is 0.204. The molecular formula is C24H21ClN2O3. The number of benzene rings is 3. The van der Waals surface area contributed by atoms with Crippen molar-refractivity contribution in [1.82, 2.24) is 4.98 Å². The van der Waals surface area contributed by atoms with E-state index < -0.39 is 0 Å². The molecule has 0 saturated heterocycles. The van der Waals surface area contributed by atoms with Crippen LogP contribution in [0.2, 0.25) is 5.02 Å². The monoisotopic (exact) mass is 420 g/mol. The van der Waals surface area contributed by atoms with Crippen molar-refractivity contribution in [2.24, 2.45) is 0 Å². The van der Waals surface area contributed by atoms with Crippen molar-refractivity contribution in [3.63, 3.8) is 0 Å². The van der Waals surface area contributed by atoms with Crippen LogP contribution >= 0.6 is 11.6 Å². The topological polar surface area (TPSA) is 64.4 Å². The number of oxazole rings is 1. The van der Waals surface area contributed by atoms with Crippen LogP contribution in [-0.4, -0.2) is 17.5 Å². The standard InChI is InChI=1S/C24H21ClN2O3/c1-2-3-14-29-18-11-8-16(9-12-18)23(28)26-17-10-13-22-21(15-17)27-24(30-22)19-6-4-5-7-20(19)25/h4-13,15H,2-3,14H2,1H3,(H,26,28). The Balaban J connectivity index is 1.48. The van der Waals surface area contributed by atoms with Gasteiger partial charge in [-0.15, -0.1) is 0 Å². The first-order valence-corrected chi connectivity index (χ1v) is 10.2. The molecule has 0 fully saturated rings. The van der Waals surface area contributed by atoms with Crippen LogP contribution in [0.3, 0.4) is 0 Å². The second kappa shape index (κ2) is 9.01. The van der Waals surface area contributed by atoms with Crippen LogP contribution in [0.4, 0.5) is 5.69 Å². The van der Waals surface area contributed by atoms with Gasteiger partial charge in [0.25, 0.3) is 5.91 Å². The Kier molecular flexibility index (Phi) is 6.00. The van der Waals surface area contributed by atoms with Gasteiger partial charge in [0.2, 0.25) is 5.89 Å². The third-order valence-electron chi connectivity index (χ3n) is 4.63. The average molecular weight is 421 g/mol. The van der Waals surface area contributed by atoms with Crippen LogP contribution in [-0.2, 0) is 0 Å². The van der Waals surface area contributed by atoms with E-state index in [1.54, 1.807) is 48.5 Å². The molecule has 30 heavy (non-hydrogen) atoms. The number of nitrogens with one attached hydrogen (secondary N) is 1. The van der Waals surface area contributed by atoms with Gasteiger partial charge in [0, 0.05) is 11.3 Å². The van der Waals surface area contributed by atoms with E-state index in [1.807, 2.05) is 18.2 Å². The number of ether oxygens (including phenoxy) is 1. The molecule has 1 N–H and O–H groups in total. The van der Waals surface area contributed by atoms with Crippen LogP contribution in [0.15, 0.2) is 71.1 Å². The molecule has 4 rings (SSSR count). The lowest BCUT2D eigenvalue weighted by Crippen LogP contribution is -2.11. The van der Waals surface area contributed by atoms with Gasteiger partial charge >= 0.3 is 0 Å². The van der Waals surface area contributed by atoms with Crippen molar-refractivity contribution in [3.05, 3.63) is 77.3 Å². The first-order valence-electron chi connectivity index (χ1n) is 9.84. The van der Waals surface area contributed by atoms with Crippen LogP contribution in [0, 0.1) is 0 Å². The fourth-order valence-corrected chi connectivity index (χ4v) is 3.21. The van der Waals surface area contributed by atoms with Crippen molar-refractivity contribution < 1.29 is 13.9 Å². The van der Waals surface area contributed by atoms with E-state index in [2.05, 4.69) is 17.2 Å². The lowest BCUT2D eigenvalue weighted by molar-refractivity contribution is 0.102. The van der Waals surface area contributed by atoms with E-state index in [0.717, 1.165) is 24.2 Å². The van der Waals surface area contributed by atoms with E-state index in [1.165, 1.54) is 0 Å². The largest absolute Gasteiger partial charge is 0.494 e. The van der Waals surface area contributed by atoms with E-state index >= 15 is 0 Å². The third kappa shape index (κ3) is 4.47. The summed E-state index contributed by atoms with van der Waals surface area (Å²) in [5.41, 5.74) is 3.17. The number of amides is 1. The van der Waals surface area contributed by atoms with Crippen molar-refractivity contribution in [1.29, 1.82) is 0 Å². The molecule has 3 aromatic carbocycles. The van der Waals surface area contributed by atoms with Crippen LogP contribution in [0.5, 0.6) is 5.75 Å². The third-order valence-corrected chi connectivity index (χ3v) is 4.96. The molecule has 4 aromatic rings. The fourth-order valence-electron chi connectivity index (χ4n) is 3.00. The molecule has 1 heterocycles. The molecule has 0 bridgehead atoms. The number of aromatic nitrogens is 1. The molecule has 0 saturated carbocycles. The summed E-state index contributed by atoms with van der Waals surface area (Å²) in [6.45, 7) is 2.79. The molecule has 1 aromatic heterocycles. The van der Waals surface area contributed by atoms with E-state index in [4.69, 9.17) is 20.8 Å².